The fraction of sp³-hybridized carbons (Fsp3) is 0. The van der Waals surface area contributed by atoms with Gasteiger partial charge in [-0.25, -0.2) is 9.97 Å². The SMILES string of the molecule is c1ccc(-c2cc3c4cc(-c5ccccc5)nc5c6c(-c7ccccc7)c7c8nc(-c9ccccc9)cc9c%10cc(-c%11ccccc%11)ncc%10n(c7cc6n(c3cn2)c45)c98)cc1. The largest absolute Gasteiger partial charge is 0.305 e. The standard InChI is InChI=1S/C56H32N6/c1-6-16-33(17-7-1)42-26-38-40-28-44(35-20-10-3-11-21-35)59-53-51-46(61(55(40)53)48(38)31-57-42)30-47-52(50(51)37-24-14-5-15-25-37)54-56-41(29-45(60-54)36-22-12-4-13-23-36)39-27-43(34-18-8-2-9-19-34)58-32-49(39)62(47)56/h1-32H. The summed E-state index contributed by atoms with van der Waals surface area (Å²) in [5, 5.41) is 6.78. The van der Waals surface area contributed by atoms with Crippen molar-refractivity contribution in [1.82, 2.24) is 28.7 Å². The Morgan fingerprint density at radius 3 is 1.03 bits per heavy atom. The Hall–Kier alpha value is -8.48. The Labute approximate surface area is 354 Å². The molecular weight excluding hydrogens is 757 g/mol. The van der Waals surface area contributed by atoms with E-state index in [1.54, 1.807) is 0 Å². The van der Waals surface area contributed by atoms with Crippen LogP contribution in [-0.4, -0.2) is 28.7 Å². The van der Waals surface area contributed by atoms with E-state index < -0.39 is 0 Å². The zero-order chi connectivity index (χ0) is 40.5. The van der Waals surface area contributed by atoms with Crippen molar-refractivity contribution < 1.29 is 0 Å². The van der Waals surface area contributed by atoms with Gasteiger partial charge in [-0.05, 0) is 35.9 Å². The first-order valence-electron chi connectivity index (χ1n) is 21.0. The van der Waals surface area contributed by atoms with Gasteiger partial charge in [-0.15, -0.1) is 0 Å². The third kappa shape index (κ3) is 4.58. The molecule has 0 radical (unpaired) electrons. The van der Waals surface area contributed by atoms with E-state index in [0.29, 0.717) is 0 Å². The second-order valence-electron chi connectivity index (χ2n) is 16.2. The normalized spacial score (nSPS) is 12.2. The first-order valence-corrected chi connectivity index (χ1v) is 21.0. The van der Waals surface area contributed by atoms with E-state index in [2.05, 4.69) is 191 Å². The zero-order valence-electron chi connectivity index (χ0n) is 33.2. The molecule has 0 bridgehead atoms. The smallest absolute Gasteiger partial charge is 0.0983 e. The summed E-state index contributed by atoms with van der Waals surface area (Å²) in [6, 6.07) is 64.2. The van der Waals surface area contributed by atoms with E-state index in [4.69, 9.17) is 19.9 Å². The van der Waals surface area contributed by atoms with Crippen molar-refractivity contribution in [3.63, 3.8) is 0 Å². The van der Waals surface area contributed by atoms with Crippen LogP contribution in [0.2, 0.25) is 0 Å². The van der Waals surface area contributed by atoms with Gasteiger partial charge in [-0.1, -0.05) is 152 Å². The lowest BCUT2D eigenvalue weighted by Crippen LogP contribution is -1.91. The third-order valence-corrected chi connectivity index (χ3v) is 12.8. The minimum Gasteiger partial charge on any atom is -0.305 e. The Bertz CT molecular complexity index is 3800. The molecule has 0 saturated carbocycles. The van der Waals surface area contributed by atoms with Crippen LogP contribution in [0.3, 0.4) is 0 Å². The van der Waals surface area contributed by atoms with E-state index >= 15 is 0 Å². The van der Waals surface area contributed by atoms with Gasteiger partial charge in [0.15, 0.2) is 0 Å². The van der Waals surface area contributed by atoms with Crippen molar-refractivity contribution in [2.75, 3.05) is 0 Å². The highest BCUT2D eigenvalue weighted by atomic mass is 15.0. The summed E-state index contributed by atoms with van der Waals surface area (Å²) in [6.45, 7) is 0. The van der Waals surface area contributed by atoms with Crippen LogP contribution in [0, 0.1) is 0 Å². The second-order valence-corrected chi connectivity index (χ2v) is 16.2. The molecule has 6 heteroatoms. The summed E-state index contributed by atoms with van der Waals surface area (Å²) < 4.78 is 4.82. The molecule has 14 rings (SSSR count). The maximum Gasteiger partial charge on any atom is 0.0983 e. The Morgan fingerprint density at radius 1 is 0.306 bits per heavy atom. The molecule has 8 aromatic heterocycles. The summed E-state index contributed by atoms with van der Waals surface area (Å²) >= 11 is 0. The van der Waals surface area contributed by atoms with Crippen LogP contribution >= 0.6 is 0 Å². The lowest BCUT2D eigenvalue weighted by Gasteiger charge is -2.11. The summed E-state index contributed by atoms with van der Waals surface area (Å²) in [6.07, 6.45) is 4.10. The molecule has 0 atom stereocenters. The third-order valence-electron chi connectivity index (χ3n) is 12.8. The molecule has 0 spiro atoms. The topological polar surface area (TPSA) is 60.4 Å². The molecule has 6 aromatic carbocycles. The number of benzene rings is 6. The summed E-state index contributed by atoms with van der Waals surface area (Å²) in [7, 11) is 0. The zero-order valence-corrected chi connectivity index (χ0v) is 33.2. The molecule has 0 N–H and O–H groups in total. The van der Waals surface area contributed by atoms with Gasteiger partial charge in [0.25, 0.3) is 0 Å². The second kappa shape index (κ2) is 12.5. The number of nitrogens with zero attached hydrogens (tertiary/aromatic N) is 6. The maximum absolute atomic E-state index is 5.63. The van der Waals surface area contributed by atoms with Crippen molar-refractivity contribution in [3.8, 4) is 56.2 Å². The molecule has 0 aliphatic heterocycles. The average molecular weight is 789 g/mol. The number of aromatic nitrogens is 6. The molecule has 0 aliphatic rings. The molecule has 62 heavy (non-hydrogen) atoms. The number of hydrogen-bond donors (Lipinski definition) is 0. The Morgan fingerprint density at radius 2 is 0.645 bits per heavy atom. The van der Waals surface area contributed by atoms with Crippen LogP contribution in [-0.2, 0) is 0 Å². The fourth-order valence-electron chi connectivity index (χ4n) is 10.1. The van der Waals surface area contributed by atoms with Crippen LogP contribution < -0.4 is 0 Å². The van der Waals surface area contributed by atoms with Crippen molar-refractivity contribution in [1.29, 1.82) is 0 Å². The van der Waals surface area contributed by atoms with Crippen LogP contribution in [0.15, 0.2) is 194 Å². The number of hydrogen-bond acceptors (Lipinski definition) is 4. The molecule has 8 heterocycles. The molecule has 0 unspecified atom stereocenters. The first kappa shape index (κ1) is 33.4. The Kier molecular flexibility index (Phi) is 6.74. The summed E-state index contributed by atoms with van der Waals surface area (Å²) in [5.41, 5.74) is 18.6. The van der Waals surface area contributed by atoms with E-state index in [1.165, 1.54) is 0 Å². The lowest BCUT2D eigenvalue weighted by atomic mass is 9.95. The highest BCUT2D eigenvalue weighted by Crippen LogP contribution is 2.50. The minimum absolute atomic E-state index is 0.932. The van der Waals surface area contributed by atoms with Gasteiger partial charge in [0, 0.05) is 60.1 Å². The predicted molar refractivity (Wildman–Crippen MR) is 254 cm³/mol. The lowest BCUT2D eigenvalue weighted by molar-refractivity contribution is 1.29. The van der Waals surface area contributed by atoms with Crippen molar-refractivity contribution in [2.45, 2.75) is 0 Å². The van der Waals surface area contributed by atoms with Crippen molar-refractivity contribution >= 4 is 76.5 Å². The fourth-order valence-corrected chi connectivity index (χ4v) is 10.1. The van der Waals surface area contributed by atoms with Gasteiger partial charge in [-0.2, -0.15) is 0 Å². The van der Waals surface area contributed by atoms with Crippen LogP contribution in [0.5, 0.6) is 0 Å². The molecule has 0 saturated heterocycles. The van der Waals surface area contributed by atoms with Gasteiger partial charge < -0.3 is 8.80 Å². The molecule has 0 amide bonds. The summed E-state index contributed by atoms with van der Waals surface area (Å²) in [4.78, 5) is 21.5. The van der Waals surface area contributed by atoms with Gasteiger partial charge in [0.2, 0.25) is 0 Å². The van der Waals surface area contributed by atoms with E-state index in [0.717, 1.165) is 133 Å². The van der Waals surface area contributed by atoms with Gasteiger partial charge >= 0.3 is 0 Å². The summed E-state index contributed by atoms with van der Waals surface area (Å²) in [5.74, 6) is 0. The number of pyridine rings is 4. The average Bonchev–Trinajstić information content (AvgIpc) is 4.07. The van der Waals surface area contributed by atoms with Crippen molar-refractivity contribution in [3.05, 3.63) is 194 Å². The van der Waals surface area contributed by atoms with Crippen molar-refractivity contribution in [2.24, 2.45) is 0 Å². The minimum atomic E-state index is 0.932. The van der Waals surface area contributed by atoms with Crippen LogP contribution in [0.4, 0.5) is 0 Å². The van der Waals surface area contributed by atoms with Gasteiger partial charge in [-0.3, -0.25) is 9.97 Å². The first-order chi connectivity index (χ1) is 30.8. The van der Waals surface area contributed by atoms with Crippen LogP contribution in [0.1, 0.15) is 0 Å². The number of fused-ring (bicyclic) bond motifs is 12. The predicted octanol–water partition coefficient (Wildman–Crippen LogP) is 13.9. The molecular formula is C56H32N6. The van der Waals surface area contributed by atoms with Gasteiger partial charge in [0.1, 0.15) is 0 Å². The van der Waals surface area contributed by atoms with E-state index in [1.807, 2.05) is 12.1 Å². The molecule has 6 nitrogen and oxygen atoms in total. The number of rotatable bonds is 5. The van der Waals surface area contributed by atoms with Crippen LogP contribution in [0.25, 0.3) is 133 Å². The van der Waals surface area contributed by atoms with Gasteiger partial charge in [0.05, 0.1) is 79.3 Å². The maximum atomic E-state index is 5.63. The Balaban J connectivity index is 1.21. The molecule has 0 aliphatic carbocycles. The molecule has 14 aromatic rings. The van der Waals surface area contributed by atoms with E-state index in [9.17, 15) is 0 Å². The van der Waals surface area contributed by atoms with E-state index in [-0.39, 0.29) is 0 Å². The molecule has 0 fully saturated rings. The highest BCUT2D eigenvalue weighted by Gasteiger charge is 2.29. The quantitative estimate of drug-likeness (QED) is 0.174. The molecule has 286 valence electrons. The highest BCUT2D eigenvalue weighted by molar-refractivity contribution is 6.33. The monoisotopic (exact) mass is 788 g/mol.